The number of nitrogens with one attached hydrogen (secondary N) is 3. The Morgan fingerprint density at radius 3 is 2.23 bits per heavy atom. The molecule has 0 bridgehead atoms. The van der Waals surface area contributed by atoms with Gasteiger partial charge in [0, 0.05) is 44.9 Å². The Balaban J connectivity index is 1.48. The molecule has 0 aliphatic rings. The summed E-state index contributed by atoms with van der Waals surface area (Å²) in [7, 11) is 0. The Bertz CT molecular complexity index is 1660. The first-order valence-corrected chi connectivity index (χ1v) is 15.3. The van der Waals surface area contributed by atoms with Crippen molar-refractivity contribution < 1.29 is 36.6 Å². The van der Waals surface area contributed by atoms with Crippen LogP contribution in [0.15, 0.2) is 78.9 Å². The molecule has 0 saturated heterocycles. The number of aryl methyl sites for hydroxylation is 1. The van der Waals surface area contributed by atoms with Gasteiger partial charge in [-0.05, 0) is 48.2 Å². The van der Waals surface area contributed by atoms with Crippen molar-refractivity contribution in [2.75, 3.05) is 13.1 Å². The first kappa shape index (κ1) is 36.2. The number of hydrogen-bond donors (Lipinski definition) is 4. The second-order valence-electron chi connectivity index (χ2n) is 11.1. The van der Waals surface area contributed by atoms with E-state index in [9.17, 15) is 36.6 Å². The third-order valence-electron chi connectivity index (χ3n) is 7.50. The molecule has 1 aromatic heterocycles. The minimum atomic E-state index is -4.52. The van der Waals surface area contributed by atoms with Crippen LogP contribution >= 0.6 is 0 Å². The van der Waals surface area contributed by atoms with E-state index in [0.29, 0.717) is 24.7 Å². The Morgan fingerprint density at radius 1 is 0.896 bits per heavy atom. The molecule has 9 nitrogen and oxygen atoms in total. The zero-order valence-corrected chi connectivity index (χ0v) is 26.4. The number of rotatable bonds is 15. The van der Waals surface area contributed by atoms with Crippen LogP contribution in [0.4, 0.5) is 22.0 Å². The number of alkyl halides is 3. The molecule has 0 aliphatic heterocycles. The SMILES string of the molecule is CCN(Cc1ccccc1)NC(=O)c1cc(C(=O)N[C@@H](Cc2cc(F)cc(F)c2)[C@@H](O)CNCc2cccc(C(F)(F)F)c2)nn1CC. The van der Waals surface area contributed by atoms with E-state index in [1.54, 1.807) is 11.9 Å². The normalized spacial score (nSPS) is 12.9. The van der Waals surface area contributed by atoms with E-state index < -0.39 is 47.3 Å². The number of halogens is 5. The average molecular weight is 673 g/mol. The van der Waals surface area contributed by atoms with Gasteiger partial charge in [-0.25, -0.2) is 13.8 Å². The minimum Gasteiger partial charge on any atom is -0.390 e. The molecule has 2 atom stereocenters. The quantitative estimate of drug-likeness (QED) is 0.106. The van der Waals surface area contributed by atoms with Crippen molar-refractivity contribution in [3.63, 3.8) is 0 Å². The van der Waals surface area contributed by atoms with E-state index in [1.807, 2.05) is 37.3 Å². The number of aliphatic hydroxyl groups is 1. The summed E-state index contributed by atoms with van der Waals surface area (Å²) in [4.78, 5) is 26.7. The molecule has 0 fully saturated rings. The summed E-state index contributed by atoms with van der Waals surface area (Å²) in [6, 6.07) is 17.2. The molecule has 256 valence electrons. The second kappa shape index (κ2) is 16.4. The van der Waals surface area contributed by atoms with Gasteiger partial charge in [-0.3, -0.25) is 19.7 Å². The maximum Gasteiger partial charge on any atom is 0.416 e. The third-order valence-corrected chi connectivity index (χ3v) is 7.50. The Morgan fingerprint density at radius 2 is 1.58 bits per heavy atom. The van der Waals surface area contributed by atoms with Crippen LogP contribution in [0.25, 0.3) is 0 Å². The molecule has 1 heterocycles. The smallest absolute Gasteiger partial charge is 0.390 e. The van der Waals surface area contributed by atoms with Gasteiger partial charge in [0.15, 0.2) is 5.69 Å². The molecule has 48 heavy (non-hydrogen) atoms. The van der Waals surface area contributed by atoms with Crippen LogP contribution in [0.1, 0.15) is 57.1 Å². The van der Waals surface area contributed by atoms with Gasteiger partial charge < -0.3 is 15.7 Å². The number of hydrazine groups is 1. The van der Waals surface area contributed by atoms with E-state index in [-0.39, 0.29) is 43.0 Å². The van der Waals surface area contributed by atoms with E-state index >= 15 is 0 Å². The summed E-state index contributed by atoms with van der Waals surface area (Å²) >= 11 is 0. The predicted molar refractivity (Wildman–Crippen MR) is 168 cm³/mol. The second-order valence-corrected chi connectivity index (χ2v) is 11.1. The van der Waals surface area contributed by atoms with E-state index in [2.05, 4.69) is 21.2 Å². The Kier molecular flexibility index (Phi) is 12.4. The molecule has 3 aromatic carbocycles. The van der Waals surface area contributed by atoms with Crippen LogP contribution in [-0.4, -0.2) is 56.9 Å². The van der Waals surface area contributed by atoms with Crippen LogP contribution < -0.4 is 16.1 Å². The number of benzene rings is 3. The van der Waals surface area contributed by atoms with E-state index in [1.165, 1.54) is 22.9 Å². The predicted octanol–water partition coefficient (Wildman–Crippen LogP) is 4.86. The first-order valence-electron chi connectivity index (χ1n) is 15.3. The highest BCUT2D eigenvalue weighted by Gasteiger charge is 2.30. The van der Waals surface area contributed by atoms with E-state index in [0.717, 1.165) is 29.8 Å². The highest BCUT2D eigenvalue weighted by Crippen LogP contribution is 2.29. The van der Waals surface area contributed by atoms with Crippen LogP contribution in [0.2, 0.25) is 0 Å². The molecule has 4 N–H and O–H groups in total. The van der Waals surface area contributed by atoms with Crippen LogP contribution in [-0.2, 0) is 32.2 Å². The molecule has 4 aromatic rings. The lowest BCUT2D eigenvalue weighted by molar-refractivity contribution is -0.137. The maximum atomic E-state index is 14.0. The van der Waals surface area contributed by atoms with Crippen LogP contribution in [0, 0.1) is 11.6 Å². The number of amides is 2. The number of carbonyl (C=O) groups is 2. The van der Waals surface area contributed by atoms with Crippen molar-refractivity contribution in [2.24, 2.45) is 0 Å². The average Bonchev–Trinajstić information content (AvgIpc) is 3.49. The lowest BCUT2D eigenvalue weighted by Gasteiger charge is -2.24. The van der Waals surface area contributed by atoms with E-state index in [4.69, 9.17) is 0 Å². The summed E-state index contributed by atoms with van der Waals surface area (Å²) in [6.07, 6.45) is -6.06. The minimum absolute atomic E-state index is 0.0331. The standard InChI is InChI=1S/C34H37F5N6O3/c1-3-44(21-22-9-6-5-7-10-22)43-33(48)30-18-29(42-45(30)4-2)32(47)41-28(16-24-14-26(35)17-27(36)15-24)31(46)20-40-19-23-11-8-12-25(13-23)34(37,38)39/h5-15,17-18,28,31,40,46H,3-4,16,19-21H2,1-2H3,(H,41,47)(H,43,48)/t28-,31-/m0/s1. The number of carbonyl (C=O) groups excluding carboxylic acids is 2. The fraction of sp³-hybridized carbons (Fsp3) is 0.324. The van der Waals surface area contributed by atoms with Gasteiger partial charge in [0.05, 0.1) is 17.7 Å². The van der Waals surface area contributed by atoms with Crippen molar-refractivity contribution in [2.45, 2.75) is 58.2 Å². The highest BCUT2D eigenvalue weighted by molar-refractivity contribution is 5.97. The molecule has 0 saturated carbocycles. The van der Waals surface area contributed by atoms with Crippen molar-refractivity contribution >= 4 is 11.8 Å². The van der Waals surface area contributed by atoms with Crippen LogP contribution in [0.5, 0.6) is 0 Å². The molecular weight excluding hydrogens is 635 g/mol. The number of hydrogen-bond acceptors (Lipinski definition) is 6. The first-order chi connectivity index (χ1) is 22.9. The Hall–Kier alpha value is -4.66. The fourth-order valence-corrected chi connectivity index (χ4v) is 5.06. The molecular formula is C34H37F5N6O3. The van der Waals surface area contributed by atoms with Crippen molar-refractivity contribution in [1.82, 2.24) is 30.8 Å². The van der Waals surface area contributed by atoms with Gasteiger partial charge in [-0.2, -0.15) is 18.3 Å². The number of aromatic nitrogens is 2. The molecule has 0 spiro atoms. The topological polar surface area (TPSA) is 112 Å². The van der Waals surface area contributed by atoms with Gasteiger partial charge in [-0.15, -0.1) is 0 Å². The number of aliphatic hydroxyl groups excluding tert-OH is 1. The largest absolute Gasteiger partial charge is 0.416 e. The van der Waals surface area contributed by atoms with Gasteiger partial charge in [-0.1, -0.05) is 55.5 Å². The van der Waals surface area contributed by atoms with Gasteiger partial charge in [0.25, 0.3) is 11.8 Å². The summed E-state index contributed by atoms with van der Waals surface area (Å²) in [6.45, 7) is 4.60. The lowest BCUT2D eigenvalue weighted by Crippen LogP contribution is -2.48. The molecule has 4 rings (SSSR count). The zero-order chi connectivity index (χ0) is 34.8. The zero-order valence-electron chi connectivity index (χ0n) is 26.4. The van der Waals surface area contributed by atoms with Crippen molar-refractivity contribution in [3.8, 4) is 0 Å². The third kappa shape index (κ3) is 10.2. The number of nitrogens with zero attached hydrogens (tertiary/aromatic N) is 3. The monoisotopic (exact) mass is 672 g/mol. The van der Waals surface area contributed by atoms with Crippen molar-refractivity contribution in [3.05, 3.63) is 124 Å². The molecule has 0 unspecified atom stereocenters. The summed E-state index contributed by atoms with van der Waals surface area (Å²) < 4.78 is 68.6. The maximum absolute atomic E-state index is 14.0. The van der Waals surface area contributed by atoms with Gasteiger partial charge in [0.2, 0.25) is 0 Å². The molecule has 14 heteroatoms. The van der Waals surface area contributed by atoms with Crippen LogP contribution in [0.3, 0.4) is 0 Å². The summed E-state index contributed by atoms with van der Waals surface area (Å²) in [5.74, 6) is -2.95. The molecule has 2 amide bonds. The van der Waals surface area contributed by atoms with Gasteiger partial charge >= 0.3 is 6.18 Å². The molecule has 0 aliphatic carbocycles. The summed E-state index contributed by atoms with van der Waals surface area (Å²) in [5, 5.41) is 22.6. The highest BCUT2D eigenvalue weighted by atomic mass is 19.4. The summed E-state index contributed by atoms with van der Waals surface area (Å²) in [5.41, 5.74) is 3.43. The van der Waals surface area contributed by atoms with Crippen molar-refractivity contribution in [1.29, 1.82) is 0 Å². The fourth-order valence-electron chi connectivity index (χ4n) is 5.06. The van der Waals surface area contributed by atoms with Gasteiger partial charge in [0.1, 0.15) is 17.3 Å². The lowest BCUT2D eigenvalue weighted by atomic mass is 10.00. The molecule has 0 radical (unpaired) electrons. The Labute approximate surface area is 274 Å².